The van der Waals surface area contributed by atoms with E-state index in [1.165, 1.54) is 13.0 Å². The highest BCUT2D eigenvalue weighted by Gasteiger charge is 2.42. The molecular weight excluding hydrogens is 339 g/mol. The van der Waals surface area contributed by atoms with Crippen molar-refractivity contribution in [2.24, 2.45) is 5.92 Å². The van der Waals surface area contributed by atoms with Crippen molar-refractivity contribution in [1.82, 2.24) is 0 Å². The summed E-state index contributed by atoms with van der Waals surface area (Å²) in [7, 11) is 0. The Hall–Kier alpha value is -2.56. The lowest BCUT2D eigenvalue weighted by Crippen LogP contribution is -2.31. The van der Waals surface area contributed by atoms with Crippen molar-refractivity contribution in [2.75, 3.05) is 5.32 Å². The van der Waals surface area contributed by atoms with Gasteiger partial charge in [0.15, 0.2) is 5.78 Å². The Kier molecular flexibility index (Phi) is 3.90. The minimum atomic E-state index is -4.39. The maximum absolute atomic E-state index is 13.5. The lowest BCUT2D eigenvalue weighted by atomic mass is 9.75. The number of fused-ring (bicyclic) bond motifs is 3. The van der Waals surface area contributed by atoms with E-state index in [0.29, 0.717) is 12.0 Å². The van der Waals surface area contributed by atoms with E-state index in [4.69, 9.17) is 0 Å². The quantitative estimate of drug-likeness (QED) is 0.549. The fraction of sp³-hybridized carbons (Fsp3) is 0.286. The molecule has 0 saturated carbocycles. The molecular formula is C21H18F3NO. The van der Waals surface area contributed by atoms with Gasteiger partial charge in [-0.3, -0.25) is 4.79 Å². The summed E-state index contributed by atoms with van der Waals surface area (Å²) in [5.41, 5.74) is 2.09. The van der Waals surface area contributed by atoms with Gasteiger partial charge in [-0.05, 0) is 54.7 Å². The zero-order chi connectivity index (χ0) is 18.5. The van der Waals surface area contributed by atoms with E-state index in [1.54, 1.807) is 24.3 Å². The molecule has 0 radical (unpaired) electrons. The SMILES string of the molecule is CC(=O)c1ccc2c(c1)[C@@H]1C=CC[C@H]1[C@H](c1ccccc1C(F)(F)F)N2. The fourth-order valence-corrected chi connectivity index (χ4v) is 4.15. The number of hydrogen-bond acceptors (Lipinski definition) is 2. The average Bonchev–Trinajstić information content (AvgIpc) is 3.10. The van der Waals surface area contributed by atoms with Crippen molar-refractivity contribution >= 4 is 11.5 Å². The van der Waals surface area contributed by atoms with E-state index < -0.39 is 17.8 Å². The van der Waals surface area contributed by atoms with Crippen LogP contribution < -0.4 is 5.32 Å². The van der Waals surface area contributed by atoms with Gasteiger partial charge in [0.2, 0.25) is 0 Å². The molecule has 0 amide bonds. The molecule has 0 aromatic heterocycles. The number of allylic oxidation sites excluding steroid dienone is 2. The predicted octanol–water partition coefficient (Wildman–Crippen LogP) is 5.73. The molecule has 2 aliphatic rings. The van der Waals surface area contributed by atoms with Crippen molar-refractivity contribution in [2.45, 2.75) is 31.5 Å². The van der Waals surface area contributed by atoms with Gasteiger partial charge in [0, 0.05) is 17.2 Å². The van der Waals surface area contributed by atoms with Crippen molar-refractivity contribution < 1.29 is 18.0 Å². The molecule has 0 unspecified atom stereocenters. The predicted molar refractivity (Wildman–Crippen MR) is 94.2 cm³/mol. The normalized spacial score (nSPS) is 23.9. The van der Waals surface area contributed by atoms with Crippen LogP contribution in [0.15, 0.2) is 54.6 Å². The van der Waals surface area contributed by atoms with Crippen molar-refractivity contribution in [3.05, 3.63) is 76.9 Å². The molecule has 4 rings (SSSR count). The van der Waals surface area contributed by atoms with E-state index in [0.717, 1.165) is 17.3 Å². The van der Waals surface area contributed by atoms with Gasteiger partial charge in [-0.1, -0.05) is 30.4 Å². The molecule has 0 saturated heterocycles. The summed E-state index contributed by atoms with van der Waals surface area (Å²) < 4.78 is 40.5. The first-order valence-electron chi connectivity index (χ1n) is 8.60. The van der Waals surface area contributed by atoms with Crippen molar-refractivity contribution in [1.29, 1.82) is 0 Å². The number of Topliss-reactive ketones (excluding diaryl/α,β-unsaturated/α-hetero) is 1. The van der Waals surface area contributed by atoms with Crippen LogP contribution >= 0.6 is 0 Å². The van der Waals surface area contributed by atoms with Crippen LogP contribution in [0.4, 0.5) is 18.9 Å². The number of ketones is 1. The van der Waals surface area contributed by atoms with Crippen LogP contribution in [0.2, 0.25) is 0 Å². The molecule has 0 spiro atoms. The molecule has 26 heavy (non-hydrogen) atoms. The standard InChI is InChI=1S/C21H18F3NO/c1-12(26)13-9-10-19-17(11-13)14-6-4-7-15(14)20(25-19)16-5-2-3-8-18(16)21(22,23)24/h2-6,8-11,14-15,20,25H,7H2,1H3/t14-,15-,20-/m1/s1. The van der Waals surface area contributed by atoms with Gasteiger partial charge in [-0.2, -0.15) is 13.2 Å². The van der Waals surface area contributed by atoms with E-state index >= 15 is 0 Å². The molecule has 0 fully saturated rings. The van der Waals surface area contributed by atoms with Gasteiger partial charge in [0.05, 0.1) is 11.6 Å². The zero-order valence-corrected chi connectivity index (χ0v) is 14.2. The summed E-state index contributed by atoms with van der Waals surface area (Å²) in [5.74, 6) is -0.0130. The minimum absolute atomic E-state index is 0.00629. The second kappa shape index (κ2) is 6.01. The molecule has 1 heterocycles. The smallest absolute Gasteiger partial charge is 0.378 e. The number of hydrogen-bond donors (Lipinski definition) is 1. The minimum Gasteiger partial charge on any atom is -0.378 e. The third-order valence-electron chi connectivity index (χ3n) is 5.37. The Bertz CT molecular complexity index is 900. The van der Waals surface area contributed by atoms with E-state index in [-0.39, 0.29) is 23.2 Å². The molecule has 2 nitrogen and oxygen atoms in total. The van der Waals surface area contributed by atoms with E-state index in [9.17, 15) is 18.0 Å². The molecule has 2 aromatic rings. The highest BCUT2D eigenvalue weighted by molar-refractivity contribution is 5.95. The Morgan fingerprint density at radius 1 is 1.12 bits per heavy atom. The summed E-state index contributed by atoms with van der Waals surface area (Å²) in [6.07, 6.45) is 0.393. The summed E-state index contributed by atoms with van der Waals surface area (Å²) >= 11 is 0. The zero-order valence-electron chi connectivity index (χ0n) is 14.2. The average molecular weight is 357 g/mol. The number of benzene rings is 2. The second-order valence-electron chi connectivity index (χ2n) is 6.92. The summed E-state index contributed by atoms with van der Waals surface area (Å²) in [6, 6.07) is 10.7. The van der Waals surface area contributed by atoms with Crippen LogP contribution in [0.3, 0.4) is 0 Å². The molecule has 134 valence electrons. The topological polar surface area (TPSA) is 29.1 Å². The van der Waals surface area contributed by atoms with Gasteiger partial charge in [0.1, 0.15) is 0 Å². The van der Waals surface area contributed by atoms with E-state index in [2.05, 4.69) is 11.4 Å². The van der Waals surface area contributed by atoms with Gasteiger partial charge in [0.25, 0.3) is 0 Å². The number of carbonyl (C=O) groups excluding carboxylic acids is 1. The molecule has 1 N–H and O–H groups in total. The molecule has 1 aliphatic carbocycles. The lowest BCUT2D eigenvalue weighted by molar-refractivity contribution is -0.138. The van der Waals surface area contributed by atoms with Crippen molar-refractivity contribution in [3.8, 4) is 0 Å². The summed E-state index contributed by atoms with van der Waals surface area (Å²) in [6.45, 7) is 1.52. The first-order chi connectivity index (χ1) is 12.4. The molecule has 0 bridgehead atoms. The first-order valence-corrected chi connectivity index (χ1v) is 8.60. The monoisotopic (exact) mass is 357 g/mol. The van der Waals surface area contributed by atoms with Gasteiger partial charge >= 0.3 is 6.18 Å². The van der Waals surface area contributed by atoms with Crippen LogP contribution in [-0.4, -0.2) is 5.78 Å². The largest absolute Gasteiger partial charge is 0.416 e. The van der Waals surface area contributed by atoms with Crippen LogP contribution in [0, 0.1) is 5.92 Å². The Morgan fingerprint density at radius 2 is 1.88 bits per heavy atom. The number of anilines is 1. The van der Waals surface area contributed by atoms with Gasteiger partial charge in [-0.15, -0.1) is 0 Å². The number of nitrogens with one attached hydrogen (secondary N) is 1. The molecule has 3 atom stereocenters. The summed E-state index contributed by atoms with van der Waals surface area (Å²) in [4.78, 5) is 11.7. The highest BCUT2D eigenvalue weighted by atomic mass is 19.4. The molecule has 1 aliphatic heterocycles. The number of halogens is 3. The second-order valence-corrected chi connectivity index (χ2v) is 6.92. The molecule has 5 heteroatoms. The fourth-order valence-electron chi connectivity index (χ4n) is 4.15. The van der Waals surface area contributed by atoms with Crippen molar-refractivity contribution in [3.63, 3.8) is 0 Å². The number of carbonyl (C=O) groups is 1. The maximum Gasteiger partial charge on any atom is 0.416 e. The van der Waals surface area contributed by atoms with Gasteiger partial charge < -0.3 is 5.32 Å². The third-order valence-corrected chi connectivity index (χ3v) is 5.37. The van der Waals surface area contributed by atoms with E-state index in [1.807, 2.05) is 12.1 Å². The number of alkyl halides is 3. The summed E-state index contributed by atoms with van der Waals surface area (Å²) in [5, 5.41) is 3.31. The van der Waals surface area contributed by atoms with Crippen LogP contribution in [-0.2, 0) is 6.18 Å². The third kappa shape index (κ3) is 2.71. The van der Waals surface area contributed by atoms with Crippen LogP contribution in [0.5, 0.6) is 0 Å². The van der Waals surface area contributed by atoms with Gasteiger partial charge in [-0.25, -0.2) is 0 Å². The molecule has 2 aromatic carbocycles. The maximum atomic E-state index is 13.5. The Morgan fingerprint density at radius 3 is 2.62 bits per heavy atom. The Balaban J connectivity index is 1.81. The number of rotatable bonds is 2. The van der Waals surface area contributed by atoms with Crippen LogP contribution in [0.1, 0.15) is 52.4 Å². The Labute approximate surface area is 149 Å². The highest BCUT2D eigenvalue weighted by Crippen LogP contribution is 2.51. The lowest BCUT2D eigenvalue weighted by Gasteiger charge is -2.38. The van der Waals surface area contributed by atoms with Crippen LogP contribution in [0.25, 0.3) is 0 Å². The first kappa shape index (κ1) is 16.9.